The van der Waals surface area contributed by atoms with Crippen LogP contribution in [0.2, 0.25) is 0 Å². The number of fused-ring (bicyclic) bond motifs is 1. The van der Waals surface area contributed by atoms with Gasteiger partial charge in [-0.05, 0) is 37.1 Å². The summed E-state index contributed by atoms with van der Waals surface area (Å²) in [7, 11) is 1.69. The highest BCUT2D eigenvalue weighted by Crippen LogP contribution is 2.32. The maximum atomic E-state index is 5.25. The molecule has 3 heterocycles. The molecule has 0 N–H and O–H groups in total. The van der Waals surface area contributed by atoms with Gasteiger partial charge in [-0.3, -0.25) is 4.90 Å². The van der Waals surface area contributed by atoms with Crippen LogP contribution in [0.3, 0.4) is 0 Å². The Morgan fingerprint density at radius 2 is 1.93 bits per heavy atom. The second-order valence-electron chi connectivity index (χ2n) is 8.35. The summed E-state index contributed by atoms with van der Waals surface area (Å²) < 4.78 is 5.25. The van der Waals surface area contributed by atoms with Crippen molar-refractivity contribution in [3.8, 4) is 17.0 Å². The topological polar surface area (TPSA) is 51.1 Å². The number of benzene rings is 1. The molecule has 156 valence electrons. The van der Waals surface area contributed by atoms with E-state index in [4.69, 9.17) is 19.7 Å². The molecule has 5 rings (SSSR count). The quantitative estimate of drug-likeness (QED) is 0.567. The Bertz CT molecular complexity index is 995. The summed E-state index contributed by atoms with van der Waals surface area (Å²) in [6.07, 6.45) is 9.62. The van der Waals surface area contributed by atoms with E-state index in [9.17, 15) is 0 Å². The predicted molar refractivity (Wildman–Crippen MR) is 120 cm³/mol. The normalized spacial score (nSPS) is 17.6. The molecule has 0 bridgehead atoms. The molecule has 1 aliphatic heterocycles. The molecule has 30 heavy (non-hydrogen) atoms. The maximum absolute atomic E-state index is 5.25. The molecule has 0 radical (unpaired) electrons. The number of aromatic nitrogens is 3. The van der Waals surface area contributed by atoms with Crippen LogP contribution in [0.5, 0.6) is 5.75 Å². The lowest BCUT2D eigenvalue weighted by Gasteiger charge is -2.28. The van der Waals surface area contributed by atoms with Crippen LogP contribution in [-0.4, -0.2) is 33.5 Å². The van der Waals surface area contributed by atoms with Gasteiger partial charge in [-0.25, -0.2) is 15.0 Å². The summed E-state index contributed by atoms with van der Waals surface area (Å²) in [4.78, 5) is 17.1. The van der Waals surface area contributed by atoms with Gasteiger partial charge >= 0.3 is 0 Å². The van der Waals surface area contributed by atoms with Gasteiger partial charge in [0, 0.05) is 53.8 Å². The molecule has 1 fully saturated rings. The molecule has 0 atom stereocenters. The Kier molecular flexibility index (Phi) is 5.77. The van der Waals surface area contributed by atoms with E-state index in [2.05, 4.69) is 28.6 Å². The fourth-order valence-electron chi connectivity index (χ4n) is 4.55. The lowest BCUT2D eigenvalue weighted by Crippen LogP contribution is -2.31. The number of rotatable bonds is 5. The van der Waals surface area contributed by atoms with Crippen molar-refractivity contribution in [3.63, 3.8) is 0 Å². The molecular weight excluding hydrogens is 392 g/mol. The SMILES string of the molecule is COc1ccc(-c2csc(CN3CCc4nc(C5CCCCC5)ncc4C3)n2)cc1. The van der Waals surface area contributed by atoms with E-state index in [1.54, 1.807) is 18.4 Å². The number of methoxy groups -OCH3 is 1. The van der Waals surface area contributed by atoms with Crippen LogP contribution < -0.4 is 4.74 Å². The fourth-order valence-corrected chi connectivity index (χ4v) is 5.40. The Labute approximate surface area is 182 Å². The highest BCUT2D eigenvalue weighted by molar-refractivity contribution is 7.09. The van der Waals surface area contributed by atoms with Crippen molar-refractivity contribution >= 4 is 11.3 Å². The van der Waals surface area contributed by atoms with Crippen molar-refractivity contribution in [2.45, 2.75) is 57.5 Å². The van der Waals surface area contributed by atoms with Crippen molar-refractivity contribution < 1.29 is 4.74 Å². The minimum atomic E-state index is 0.578. The Morgan fingerprint density at radius 1 is 1.10 bits per heavy atom. The van der Waals surface area contributed by atoms with Gasteiger partial charge in [0.1, 0.15) is 16.6 Å². The van der Waals surface area contributed by atoms with Gasteiger partial charge in [0.2, 0.25) is 0 Å². The Hall–Kier alpha value is -2.31. The molecule has 6 heteroatoms. The van der Waals surface area contributed by atoms with Crippen molar-refractivity contribution in [1.29, 1.82) is 0 Å². The zero-order valence-electron chi connectivity index (χ0n) is 17.5. The molecule has 0 amide bonds. The Morgan fingerprint density at radius 3 is 2.73 bits per heavy atom. The first-order valence-corrected chi connectivity index (χ1v) is 11.8. The van der Waals surface area contributed by atoms with Crippen LogP contribution in [0, 0.1) is 0 Å². The van der Waals surface area contributed by atoms with Crippen molar-refractivity contribution in [3.05, 3.63) is 57.9 Å². The lowest BCUT2D eigenvalue weighted by molar-refractivity contribution is 0.242. The molecule has 0 spiro atoms. The average molecular weight is 421 g/mol. The molecule has 2 aliphatic rings. The van der Waals surface area contributed by atoms with Gasteiger partial charge in [0.05, 0.1) is 19.3 Å². The van der Waals surface area contributed by atoms with E-state index in [-0.39, 0.29) is 0 Å². The lowest BCUT2D eigenvalue weighted by atomic mass is 9.88. The molecule has 0 saturated heterocycles. The van der Waals surface area contributed by atoms with Crippen molar-refractivity contribution in [2.75, 3.05) is 13.7 Å². The van der Waals surface area contributed by atoms with Gasteiger partial charge in [-0.15, -0.1) is 11.3 Å². The minimum absolute atomic E-state index is 0.578. The van der Waals surface area contributed by atoms with Crippen LogP contribution in [0.15, 0.2) is 35.8 Å². The van der Waals surface area contributed by atoms with Crippen LogP contribution >= 0.6 is 11.3 Å². The highest BCUT2D eigenvalue weighted by atomic mass is 32.1. The van der Waals surface area contributed by atoms with Crippen LogP contribution in [0.25, 0.3) is 11.3 Å². The summed E-state index contributed by atoms with van der Waals surface area (Å²) in [6, 6.07) is 8.10. The molecule has 1 aromatic carbocycles. The molecule has 0 unspecified atom stereocenters. The monoisotopic (exact) mass is 420 g/mol. The number of thiazole rings is 1. The first-order valence-electron chi connectivity index (χ1n) is 10.9. The zero-order chi connectivity index (χ0) is 20.3. The summed E-state index contributed by atoms with van der Waals surface area (Å²) in [6.45, 7) is 2.83. The second kappa shape index (κ2) is 8.82. The second-order valence-corrected chi connectivity index (χ2v) is 9.29. The zero-order valence-corrected chi connectivity index (χ0v) is 18.3. The maximum Gasteiger partial charge on any atom is 0.131 e. The summed E-state index contributed by atoms with van der Waals surface area (Å²) in [5, 5.41) is 3.30. The number of nitrogens with zero attached hydrogens (tertiary/aromatic N) is 4. The number of hydrogen-bond acceptors (Lipinski definition) is 6. The highest BCUT2D eigenvalue weighted by Gasteiger charge is 2.23. The third-order valence-corrected chi connectivity index (χ3v) is 7.13. The van der Waals surface area contributed by atoms with E-state index >= 15 is 0 Å². The molecule has 1 saturated carbocycles. The van der Waals surface area contributed by atoms with Gasteiger partial charge in [0.15, 0.2) is 0 Å². The summed E-state index contributed by atoms with van der Waals surface area (Å²) >= 11 is 1.74. The van der Waals surface area contributed by atoms with Crippen LogP contribution in [-0.2, 0) is 19.5 Å². The fraction of sp³-hybridized carbons (Fsp3) is 0.458. The van der Waals surface area contributed by atoms with Crippen LogP contribution in [0.4, 0.5) is 0 Å². The first kappa shape index (κ1) is 19.6. The van der Waals surface area contributed by atoms with Crippen molar-refractivity contribution in [2.24, 2.45) is 0 Å². The number of ether oxygens (including phenoxy) is 1. The molecular formula is C24H28N4OS. The van der Waals surface area contributed by atoms with Gasteiger partial charge in [0.25, 0.3) is 0 Å². The molecule has 1 aliphatic carbocycles. The van der Waals surface area contributed by atoms with E-state index in [0.717, 1.165) is 53.9 Å². The third kappa shape index (κ3) is 4.25. The first-order chi connectivity index (χ1) is 14.8. The minimum Gasteiger partial charge on any atom is -0.497 e. The third-order valence-electron chi connectivity index (χ3n) is 6.30. The van der Waals surface area contributed by atoms with Gasteiger partial charge in [-0.1, -0.05) is 19.3 Å². The largest absolute Gasteiger partial charge is 0.497 e. The average Bonchev–Trinajstić information content (AvgIpc) is 3.28. The van der Waals surface area contributed by atoms with E-state index in [1.807, 2.05) is 12.1 Å². The molecule has 2 aromatic heterocycles. The van der Waals surface area contributed by atoms with Gasteiger partial charge < -0.3 is 4.74 Å². The van der Waals surface area contributed by atoms with Crippen LogP contribution in [0.1, 0.15) is 60.1 Å². The predicted octanol–water partition coefficient (Wildman–Crippen LogP) is 5.21. The summed E-state index contributed by atoms with van der Waals surface area (Å²) in [5.41, 5.74) is 4.72. The van der Waals surface area contributed by atoms with E-state index < -0.39 is 0 Å². The molecule has 3 aromatic rings. The van der Waals surface area contributed by atoms with E-state index in [1.165, 1.54) is 43.4 Å². The molecule has 5 nitrogen and oxygen atoms in total. The smallest absolute Gasteiger partial charge is 0.131 e. The van der Waals surface area contributed by atoms with Gasteiger partial charge in [-0.2, -0.15) is 0 Å². The van der Waals surface area contributed by atoms with E-state index in [0.29, 0.717) is 5.92 Å². The standard InChI is InChI=1S/C24H28N4OS/c1-29-20-9-7-17(8-10-20)22-16-30-23(26-22)15-28-12-11-21-19(14-28)13-25-24(27-21)18-5-3-2-4-6-18/h7-10,13,16,18H,2-6,11-12,14-15H2,1H3. The summed E-state index contributed by atoms with van der Waals surface area (Å²) in [5.74, 6) is 2.54. The van der Waals surface area contributed by atoms with Crippen molar-refractivity contribution in [1.82, 2.24) is 19.9 Å². The Balaban J connectivity index is 1.24. The number of hydrogen-bond donors (Lipinski definition) is 0.